The predicted molar refractivity (Wildman–Crippen MR) is 96.2 cm³/mol. The van der Waals surface area contributed by atoms with Crippen molar-refractivity contribution in [1.29, 1.82) is 0 Å². The number of carbonyl (C=O) groups excluding carboxylic acids is 1. The molecule has 0 bridgehead atoms. The number of halogens is 4. The number of aliphatic hydroxyl groups is 1. The number of nitrogens with zero attached hydrogens (tertiary/aromatic N) is 1. The molecule has 1 fully saturated rings. The van der Waals surface area contributed by atoms with Crippen LogP contribution in [0.25, 0.3) is 5.76 Å². The summed E-state index contributed by atoms with van der Waals surface area (Å²) in [7, 11) is 0. The number of aliphatic hydroxyl groups excluding tert-OH is 1. The SMILES string of the molecule is CCOC(=O)/C(C=NC1CC1)=C(\O)c1ccc(Br)c(OC(F)F)c1Br. The first-order valence-electron chi connectivity index (χ1n) is 7.41. The fraction of sp³-hybridized carbons (Fsp3) is 0.375. The standard InChI is InChI=1S/C16H15Br2F2NO4/c1-2-24-15(23)10(7-21-8-3-4-8)13(22)9-5-6-11(17)14(12(9)18)25-16(19)20/h5-8,16,22H,2-4H2,1H3/b13-10-,21-7?. The first-order valence-corrected chi connectivity index (χ1v) is 9.00. The molecule has 0 spiro atoms. The minimum absolute atomic E-state index is 0.0706. The molecule has 1 N–H and O–H groups in total. The van der Waals surface area contributed by atoms with Crippen molar-refractivity contribution in [2.24, 2.45) is 4.99 Å². The Bertz CT molecular complexity index is 718. The average Bonchev–Trinajstić information content (AvgIpc) is 3.36. The fourth-order valence-corrected chi connectivity index (χ4v) is 3.20. The first-order chi connectivity index (χ1) is 11.8. The van der Waals surface area contributed by atoms with Gasteiger partial charge in [0.25, 0.3) is 0 Å². The van der Waals surface area contributed by atoms with Crippen LogP contribution in [0.5, 0.6) is 5.75 Å². The van der Waals surface area contributed by atoms with Crippen molar-refractivity contribution in [3.63, 3.8) is 0 Å². The quantitative estimate of drug-likeness (QED) is 0.260. The maximum absolute atomic E-state index is 12.6. The van der Waals surface area contributed by atoms with Gasteiger partial charge in [-0.3, -0.25) is 4.99 Å². The van der Waals surface area contributed by atoms with E-state index in [1.165, 1.54) is 18.3 Å². The maximum atomic E-state index is 12.6. The van der Waals surface area contributed by atoms with Gasteiger partial charge in [-0.25, -0.2) is 4.79 Å². The van der Waals surface area contributed by atoms with Crippen molar-refractivity contribution in [2.75, 3.05) is 6.61 Å². The van der Waals surface area contributed by atoms with Crippen molar-refractivity contribution >= 4 is 49.8 Å². The summed E-state index contributed by atoms with van der Waals surface area (Å²) in [4.78, 5) is 16.3. The number of ether oxygens (including phenoxy) is 2. The zero-order chi connectivity index (χ0) is 18.6. The fourth-order valence-electron chi connectivity index (χ4n) is 1.88. The third-order valence-electron chi connectivity index (χ3n) is 3.22. The topological polar surface area (TPSA) is 68.1 Å². The molecule has 0 amide bonds. The Hall–Kier alpha value is -1.48. The monoisotopic (exact) mass is 481 g/mol. The van der Waals surface area contributed by atoms with Gasteiger partial charge in [0, 0.05) is 11.8 Å². The molecule has 0 saturated heterocycles. The van der Waals surface area contributed by atoms with Gasteiger partial charge in [0.05, 0.1) is 21.6 Å². The number of benzene rings is 1. The lowest BCUT2D eigenvalue weighted by molar-refractivity contribution is -0.137. The normalized spacial score (nSPS) is 15.4. The molecular formula is C16H15Br2F2NO4. The van der Waals surface area contributed by atoms with Crippen LogP contribution in [0.4, 0.5) is 8.78 Å². The van der Waals surface area contributed by atoms with Crippen LogP contribution in [0.1, 0.15) is 25.3 Å². The summed E-state index contributed by atoms with van der Waals surface area (Å²) >= 11 is 6.23. The van der Waals surface area contributed by atoms with E-state index >= 15 is 0 Å². The number of esters is 1. The zero-order valence-corrected chi connectivity index (χ0v) is 16.3. The molecule has 1 aromatic carbocycles. The maximum Gasteiger partial charge on any atom is 0.387 e. The predicted octanol–water partition coefficient (Wildman–Crippen LogP) is 4.88. The summed E-state index contributed by atoms with van der Waals surface area (Å²) in [5, 5.41) is 10.5. The van der Waals surface area contributed by atoms with E-state index in [0.29, 0.717) is 0 Å². The van der Waals surface area contributed by atoms with E-state index in [9.17, 15) is 18.7 Å². The van der Waals surface area contributed by atoms with Gasteiger partial charge in [-0.05, 0) is 63.8 Å². The summed E-state index contributed by atoms with van der Waals surface area (Å²) < 4.78 is 34.9. The van der Waals surface area contributed by atoms with E-state index in [0.717, 1.165) is 12.8 Å². The second-order valence-electron chi connectivity index (χ2n) is 5.11. The molecule has 25 heavy (non-hydrogen) atoms. The molecule has 0 atom stereocenters. The van der Waals surface area contributed by atoms with Crippen LogP contribution < -0.4 is 4.74 Å². The molecule has 0 radical (unpaired) electrons. The minimum atomic E-state index is -3.05. The van der Waals surface area contributed by atoms with Crippen molar-refractivity contribution in [3.05, 3.63) is 32.2 Å². The Labute approximate surface area is 160 Å². The number of carbonyl (C=O) groups is 1. The van der Waals surface area contributed by atoms with Gasteiger partial charge in [-0.2, -0.15) is 8.78 Å². The summed E-state index contributed by atoms with van der Waals surface area (Å²) in [5.41, 5.74) is -0.0519. The first kappa shape index (κ1) is 19.8. The Morgan fingerprint density at radius 3 is 2.68 bits per heavy atom. The van der Waals surface area contributed by atoms with Gasteiger partial charge in [0.1, 0.15) is 11.3 Å². The highest BCUT2D eigenvalue weighted by atomic mass is 79.9. The Morgan fingerprint density at radius 1 is 1.44 bits per heavy atom. The number of hydrogen-bond donors (Lipinski definition) is 1. The van der Waals surface area contributed by atoms with Crippen molar-refractivity contribution < 1.29 is 28.2 Å². The van der Waals surface area contributed by atoms with Gasteiger partial charge in [0.15, 0.2) is 5.75 Å². The molecule has 136 valence electrons. The lowest BCUT2D eigenvalue weighted by Gasteiger charge is -2.14. The number of aliphatic imine (C=N–C) groups is 1. The van der Waals surface area contributed by atoms with E-state index in [2.05, 4.69) is 41.6 Å². The highest BCUT2D eigenvalue weighted by Crippen LogP contribution is 2.39. The number of rotatable bonds is 7. The van der Waals surface area contributed by atoms with Gasteiger partial charge in [0.2, 0.25) is 0 Å². The Kier molecular flexibility index (Phi) is 6.95. The van der Waals surface area contributed by atoms with Gasteiger partial charge in [-0.15, -0.1) is 0 Å². The summed E-state index contributed by atoms with van der Waals surface area (Å²) in [6.07, 6.45) is 3.09. The smallest absolute Gasteiger partial charge is 0.387 e. The lowest BCUT2D eigenvalue weighted by Crippen LogP contribution is -2.12. The summed E-state index contributed by atoms with van der Waals surface area (Å²) in [6.45, 7) is -1.29. The highest BCUT2D eigenvalue weighted by molar-refractivity contribution is 9.11. The molecule has 1 aliphatic rings. The van der Waals surface area contributed by atoms with Crippen molar-refractivity contribution in [1.82, 2.24) is 0 Å². The molecular weight excluding hydrogens is 468 g/mol. The average molecular weight is 483 g/mol. The van der Waals surface area contributed by atoms with Crippen LogP contribution in [-0.4, -0.2) is 36.6 Å². The van der Waals surface area contributed by atoms with Crippen LogP contribution in [0, 0.1) is 0 Å². The van der Waals surface area contributed by atoms with E-state index in [1.807, 2.05) is 0 Å². The van der Waals surface area contributed by atoms with E-state index in [1.54, 1.807) is 6.92 Å². The van der Waals surface area contributed by atoms with E-state index in [-0.39, 0.29) is 38.5 Å². The zero-order valence-electron chi connectivity index (χ0n) is 13.1. The highest BCUT2D eigenvalue weighted by Gasteiger charge is 2.24. The summed E-state index contributed by atoms with van der Waals surface area (Å²) in [5.74, 6) is -1.39. The molecule has 0 aromatic heterocycles. The van der Waals surface area contributed by atoms with Gasteiger partial charge < -0.3 is 14.6 Å². The second-order valence-corrected chi connectivity index (χ2v) is 6.76. The molecule has 0 aliphatic heterocycles. The second kappa shape index (κ2) is 8.75. The van der Waals surface area contributed by atoms with Crippen LogP contribution in [-0.2, 0) is 9.53 Å². The summed E-state index contributed by atoms with van der Waals surface area (Å²) in [6, 6.07) is 3.00. The van der Waals surface area contributed by atoms with Crippen LogP contribution >= 0.6 is 31.9 Å². The lowest BCUT2D eigenvalue weighted by atomic mass is 10.1. The van der Waals surface area contributed by atoms with Crippen LogP contribution in [0.15, 0.2) is 31.6 Å². The molecule has 0 unspecified atom stereocenters. The number of alkyl halides is 2. The van der Waals surface area contributed by atoms with Crippen LogP contribution in [0.3, 0.4) is 0 Å². The van der Waals surface area contributed by atoms with Gasteiger partial charge >= 0.3 is 12.6 Å². The minimum Gasteiger partial charge on any atom is -0.506 e. The Morgan fingerprint density at radius 2 is 2.12 bits per heavy atom. The van der Waals surface area contributed by atoms with E-state index in [4.69, 9.17) is 4.74 Å². The number of hydrogen-bond acceptors (Lipinski definition) is 5. The third kappa shape index (κ3) is 5.24. The van der Waals surface area contributed by atoms with Crippen molar-refractivity contribution in [3.8, 4) is 5.75 Å². The molecule has 0 heterocycles. The molecule has 1 saturated carbocycles. The molecule has 9 heteroatoms. The van der Waals surface area contributed by atoms with Gasteiger partial charge in [-0.1, -0.05) is 0 Å². The molecule has 1 aliphatic carbocycles. The van der Waals surface area contributed by atoms with E-state index < -0.39 is 18.3 Å². The molecule has 1 aromatic rings. The Balaban J connectivity index is 2.50. The molecule has 5 nitrogen and oxygen atoms in total. The largest absolute Gasteiger partial charge is 0.506 e. The van der Waals surface area contributed by atoms with Crippen LogP contribution in [0.2, 0.25) is 0 Å². The third-order valence-corrected chi connectivity index (χ3v) is 4.63. The van der Waals surface area contributed by atoms with Crippen molar-refractivity contribution in [2.45, 2.75) is 32.4 Å². The molecule has 2 rings (SSSR count).